The van der Waals surface area contributed by atoms with Gasteiger partial charge in [-0.15, -0.1) is 0 Å². The van der Waals surface area contributed by atoms with Gasteiger partial charge in [0, 0.05) is 11.3 Å². The second kappa shape index (κ2) is 5.77. The van der Waals surface area contributed by atoms with Gasteiger partial charge in [0.15, 0.2) is 0 Å². The predicted octanol–water partition coefficient (Wildman–Crippen LogP) is 3.38. The van der Waals surface area contributed by atoms with Gasteiger partial charge in [0.1, 0.15) is 5.82 Å². The highest BCUT2D eigenvalue weighted by Crippen LogP contribution is 2.27. The summed E-state index contributed by atoms with van der Waals surface area (Å²) in [5.41, 5.74) is 9.50. The van der Waals surface area contributed by atoms with Crippen molar-refractivity contribution >= 4 is 28.5 Å². The third-order valence-corrected chi connectivity index (χ3v) is 3.19. The third-order valence-electron chi connectivity index (χ3n) is 3.19. The first kappa shape index (κ1) is 13.9. The predicted molar refractivity (Wildman–Crippen MR) is 86.6 cm³/mol. The topological polar surface area (TPSA) is 93.0 Å². The smallest absolute Gasteiger partial charge is 0.411 e. The van der Waals surface area contributed by atoms with Crippen LogP contribution < -0.4 is 11.1 Å². The number of fused-ring (bicyclic) bond motifs is 1. The molecule has 112 valence electrons. The highest BCUT2D eigenvalue weighted by molar-refractivity contribution is 5.95. The van der Waals surface area contributed by atoms with Crippen molar-refractivity contribution in [3.63, 3.8) is 0 Å². The molecule has 0 spiro atoms. The molecule has 3 rings (SSSR count). The lowest BCUT2D eigenvalue weighted by Crippen LogP contribution is -2.13. The molecular weight excluding hydrogens is 280 g/mol. The fourth-order valence-corrected chi connectivity index (χ4v) is 2.23. The summed E-state index contributed by atoms with van der Waals surface area (Å²) in [4.78, 5) is 19.2. The SMILES string of the molecule is CCOC(=O)Nc1cc(N)c2[nH]c(-c3ccccc3)nc2c1. The monoisotopic (exact) mass is 296 g/mol. The second-order valence-electron chi connectivity index (χ2n) is 4.76. The number of ether oxygens (including phenoxy) is 1. The van der Waals surface area contributed by atoms with Crippen molar-refractivity contribution in [2.24, 2.45) is 0 Å². The van der Waals surface area contributed by atoms with E-state index >= 15 is 0 Å². The summed E-state index contributed by atoms with van der Waals surface area (Å²) in [6.45, 7) is 2.06. The fourth-order valence-electron chi connectivity index (χ4n) is 2.23. The molecule has 0 aliphatic carbocycles. The molecule has 1 heterocycles. The van der Waals surface area contributed by atoms with Crippen molar-refractivity contribution in [1.82, 2.24) is 9.97 Å². The van der Waals surface area contributed by atoms with E-state index in [1.54, 1.807) is 19.1 Å². The molecule has 6 nitrogen and oxygen atoms in total. The van der Waals surface area contributed by atoms with Gasteiger partial charge >= 0.3 is 6.09 Å². The second-order valence-corrected chi connectivity index (χ2v) is 4.76. The number of nitrogen functional groups attached to an aromatic ring is 1. The van der Waals surface area contributed by atoms with E-state index in [1.165, 1.54) is 0 Å². The Morgan fingerprint density at radius 2 is 2.09 bits per heavy atom. The van der Waals surface area contributed by atoms with Crippen LogP contribution in [0.2, 0.25) is 0 Å². The number of hydrogen-bond acceptors (Lipinski definition) is 4. The molecule has 0 saturated heterocycles. The Bertz CT molecular complexity index is 812. The van der Waals surface area contributed by atoms with Crippen LogP contribution in [0.5, 0.6) is 0 Å². The Morgan fingerprint density at radius 1 is 1.32 bits per heavy atom. The maximum atomic E-state index is 11.5. The Labute approximate surface area is 127 Å². The number of hydrogen-bond donors (Lipinski definition) is 3. The van der Waals surface area contributed by atoms with Crippen LogP contribution in [-0.4, -0.2) is 22.7 Å². The largest absolute Gasteiger partial charge is 0.450 e. The zero-order valence-electron chi connectivity index (χ0n) is 12.1. The number of carbonyl (C=O) groups excluding carboxylic acids is 1. The average molecular weight is 296 g/mol. The first-order valence-corrected chi connectivity index (χ1v) is 6.96. The van der Waals surface area contributed by atoms with Crippen molar-refractivity contribution in [2.45, 2.75) is 6.92 Å². The van der Waals surface area contributed by atoms with E-state index in [0.29, 0.717) is 23.5 Å². The molecule has 0 fully saturated rings. The molecule has 0 aliphatic heterocycles. The lowest BCUT2D eigenvalue weighted by molar-refractivity contribution is 0.168. The van der Waals surface area contributed by atoms with Gasteiger partial charge in [0.05, 0.1) is 23.3 Å². The standard InChI is InChI=1S/C16H16N4O2/c1-2-22-16(21)18-11-8-12(17)14-13(9-11)19-15(20-14)10-6-4-3-5-7-10/h3-9H,2,17H2,1H3,(H,18,21)(H,19,20). The molecular formula is C16H16N4O2. The zero-order chi connectivity index (χ0) is 15.5. The number of nitrogens with zero attached hydrogens (tertiary/aromatic N) is 1. The number of rotatable bonds is 3. The van der Waals surface area contributed by atoms with Crippen molar-refractivity contribution in [3.8, 4) is 11.4 Å². The van der Waals surface area contributed by atoms with Crippen LogP contribution >= 0.6 is 0 Å². The molecule has 0 atom stereocenters. The summed E-state index contributed by atoms with van der Waals surface area (Å²) in [6.07, 6.45) is -0.514. The summed E-state index contributed by atoms with van der Waals surface area (Å²) in [5.74, 6) is 0.732. The summed E-state index contributed by atoms with van der Waals surface area (Å²) >= 11 is 0. The van der Waals surface area contributed by atoms with Gasteiger partial charge in [-0.1, -0.05) is 30.3 Å². The minimum absolute atomic E-state index is 0.310. The molecule has 0 bridgehead atoms. The minimum Gasteiger partial charge on any atom is -0.450 e. The van der Waals surface area contributed by atoms with Crippen LogP contribution in [0.1, 0.15) is 6.92 Å². The summed E-state index contributed by atoms with van der Waals surface area (Å²) in [6, 6.07) is 13.2. The van der Waals surface area contributed by atoms with E-state index in [9.17, 15) is 4.79 Å². The summed E-state index contributed by atoms with van der Waals surface area (Å²) in [5, 5.41) is 2.63. The molecule has 0 aliphatic rings. The number of nitrogens with two attached hydrogens (primary N) is 1. The van der Waals surface area contributed by atoms with Gasteiger partial charge in [-0.05, 0) is 19.1 Å². The Hall–Kier alpha value is -3.02. The fraction of sp³-hybridized carbons (Fsp3) is 0.125. The molecule has 22 heavy (non-hydrogen) atoms. The van der Waals surface area contributed by atoms with E-state index in [-0.39, 0.29) is 0 Å². The van der Waals surface area contributed by atoms with Crippen molar-refractivity contribution < 1.29 is 9.53 Å². The highest BCUT2D eigenvalue weighted by Gasteiger charge is 2.10. The maximum absolute atomic E-state index is 11.5. The molecule has 2 aromatic carbocycles. The number of aromatic amines is 1. The lowest BCUT2D eigenvalue weighted by atomic mass is 10.2. The molecule has 1 aromatic heterocycles. The molecule has 4 N–H and O–H groups in total. The number of benzene rings is 2. The van der Waals surface area contributed by atoms with Crippen LogP contribution in [-0.2, 0) is 4.74 Å². The van der Waals surface area contributed by atoms with Gasteiger partial charge in [-0.2, -0.15) is 0 Å². The van der Waals surface area contributed by atoms with Crippen molar-refractivity contribution in [3.05, 3.63) is 42.5 Å². The van der Waals surface area contributed by atoms with E-state index in [4.69, 9.17) is 10.5 Å². The first-order valence-electron chi connectivity index (χ1n) is 6.96. The molecule has 0 saturated carbocycles. The Balaban J connectivity index is 1.98. The number of H-pyrrole nitrogens is 1. The number of nitrogens with one attached hydrogen (secondary N) is 2. The van der Waals surface area contributed by atoms with Crippen LogP contribution in [0.25, 0.3) is 22.4 Å². The van der Waals surface area contributed by atoms with Crippen molar-refractivity contribution in [2.75, 3.05) is 17.7 Å². The number of aromatic nitrogens is 2. The molecule has 3 aromatic rings. The Morgan fingerprint density at radius 3 is 2.82 bits per heavy atom. The lowest BCUT2D eigenvalue weighted by Gasteiger charge is -2.06. The van der Waals surface area contributed by atoms with Crippen molar-refractivity contribution in [1.29, 1.82) is 0 Å². The number of carbonyl (C=O) groups is 1. The van der Waals surface area contributed by atoms with Crippen LogP contribution in [0.4, 0.5) is 16.2 Å². The molecule has 6 heteroatoms. The van der Waals surface area contributed by atoms with Gasteiger partial charge < -0.3 is 15.5 Å². The van der Waals surface area contributed by atoms with Crippen LogP contribution in [0.15, 0.2) is 42.5 Å². The molecule has 1 amide bonds. The first-order chi connectivity index (χ1) is 10.7. The number of imidazole rings is 1. The van der Waals surface area contributed by atoms with E-state index < -0.39 is 6.09 Å². The minimum atomic E-state index is -0.514. The summed E-state index contributed by atoms with van der Waals surface area (Å²) in [7, 11) is 0. The average Bonchev–Trinajstić information content (AvgIpc) is 2.93. The van der Waals surface area contributed by atoms with E-state index in [0.717, 1.165) is 16.9 Å². The van der Waals surface area contributed by atoms with Gasteiger partial charge in [0.2, 0.25) is 0 Å². The summed E-state index contributed by atoms with van der Waals surface area (Å²) < 4.78 is 4.85. The Kier molecular flexibility index (Phi) is 3.65. The van der Waals surface area contributed by atoms with Gasteiger partial charge in [-0.25, -0.2) is 9.78 Å². The zero-order valence-corrected chi connectivity index (χ0v) is 12.1. The van der Waals surface area contributed by atoms with Crippen LogP contribution in [0.3, 0.4) is 0 Å². The molecule has 0 unspecified atom stereocenters. The van der Waals surface area contributed by atoms with E-state index in [2.05, 4.69) is 15.3 Å². The van der Waals surface area contributed by atoms with Crippen LogP contribution in [0, 0.1) is 0 Å². The normalized spacial score (nSPS) is 10.6. The van der Waals surface area contributed by atoms with Gasteiger partial charge in [0.25, 0.3) is 0 Å². The maximum Gasteiger partial charge on any atom is 0.411 e. The number of amides is 1. The third kappa shape index (κ3) is 2.71. The quantitative estimate of drug-likeness (QED) is 0.646. The highest BCUT2D eigenvalue weighted by atomic mass is 16.5. The van der Waals surface area contributed by atoms with E-state index in [1.807, 2.05) is 30.3 Å². The van der Waals surface area contributed by atoms with Gasteiger partial charge in [-0.3, -0.25) is 5.32 Å². The molecule has 0 radical (unpaired) electrons. The number of anilines is 2.